The van der Waals surface area contributed by atoms with Crippen LogP contribution in [0.15, 0.2) is 0 Å². The number of unbranched alkanes of at least 4 members (excludes halogenated alkanes) is 14. The van der Waals surface area contributed by atoms with Crippen LogP contribution in [0.1, 0.15) is 169 Å². The van der Waals surface area contributed by atoms with Crippen molar-refractivity contribution in [2.24, 2.45) is 11.8 Å². The van der Waals surface area contributed by atoms with Crippen LogP contribution in [0.5, 0.6) is 0 Å². The minimum absolute atomic E-state index is 0.00910. The lowest BCUT2D eigenvalue weighted by atomic mass is 9.94. The van der Waals surface area contributed by atoms with E-state index in [2.05, 4.69) is 17.6 Å². The molecule has 0 aromatic heterocycles. The van der Waals surface area contributed by atoms with Crippen LogP contribution in [0, 0.1) is 11.8 Å². The standard InChI is InChI=1S/C35H66N2O5/c1-6-7-8-9-10-11-12-13-14-15-16-17-18-19-22-31(38)27-30(35(41)42)24-25-33(39)36-26-21-20-23-32(37-29(4)5)34(40)28(2)3/h28-30,32,37H,6-27H2,1-5H3,(H,36,39)(H,41,42)/t30-,32-/m1/s1. The zero-order valence-electron chi connectivity index (χ0n) is 27.9. The van der Waals surface area contributed by atoms with E-state index < -0.39 is 11.9 Å². The highest BCUT2D eigenvalue weighted by Crippen LogP contribution is 2.17. The average Bonchev–Trinajstić information content (AvgIpc) is 2.93. The van der Waals surface area contributed by atoms with Gasteiger partial charge in [0.15, 0.2) is 5.78 Å². The van der Waals surface area contributed by atoms with Crippen LogP contribution in [0.4, 0.5) is 0 Å². The van der Waals surface area contributed by atoms with Crippen molar-refractivity contribution < 1.29 is 24.3 Å². The lowest BCUT2D eigenvalue weighted by molar-refractivity contribution is -0.144. The Kier molecular flexibility index (Phi) is 25.7. The van der Waals surface area contributed by atoms with Gasteiger partial charge >= 0.3 is 5.97 Å². The molecule has 0 aliphatic rings. The van der Waals surface area contributed by atoms with Crippen LogP contribution in [0.25, 0.3) is 0 Å². The van der Waals surface area contributed by atoms with Gasteiger partial charge in [-0.1, -0.05) is 118 Å². The van der Waals surface area contributed by atoms with Crippen LogP contribution in [-0.4, -0.2) is 47.2 Å². The minimum Gasteiger partial charge on any atom is -0.481 e. The minimum atomic E-state index is -1.00. The fourth-order valence-electron chi connectivity index (χ4n) is 5.41. The molecule has 0 rings (SSSR count). The van der Waals surface area contributed by atoms with Gasteiger partial charge in [-0.15, -0.1) is 0 Å². The van der Waals surface area contributed by atoms with Crippen molar-refractivity contribution in [3.05, 3.63) is 0 Å². The first-order valence-electron chi connectivity index (χ1n) is 17.4. The second-order valence-corrected chi connectivity index (χ2v) is 12.9. The SMILES string of the molecule is CCCCCCCCCCCCCCCCC(=O)C[C@@H](CCC(=O)NCCCC[C@@H](NC(C)C)C(=O)C(C)C)C(=O)O. The Labute approximate surface area is 258 Å². The van der Waals surface area contributed by atoms with E-state index in [0.29, 0.717) is 13.0 Å². The number of Topliss-reactive ketones (excluding diaryl/α,β-unsaturated/α-hetero) is 2. The van der Waals surface area contributed by atoms with E-state index in [9.17, 15) is 24.3 Å². The molecule has 246 valence electrons. The summed E-state index contributed by atoms with van der Waals surface area (Å²) in [5, 5.41) is 15.7. The van der Waals surface area contributed by atoms with Gasteiger partial charge in [-0.2, -0.15) is 0 Å². The molecule has 0 aliphatic heterocycles. The van der Waals surface area contributed by atoms with E-state index in [4.69, 9.17) is 0 Å². The van der Waals surface area contributed by atoms with Crippen molar-refractivity contribution >= 4 is 23.4 Å². The molecule has 0 aliphatic carbocycles. The van der Waals surface area contributed by atoms with E-state index >= 15 is 0 Å². The molecule has 0 aromatic rings. The summed E-state index contributed by atoms with van der Waals surface area (Å²) in [5.41, 5.74) is 0. The van der Waals surface area contributed by atoms with E-state index in [1.54, 1.807) is 0 Å². The number of hydrogen-bond acceptors (Lipinski definition) is 5. The van der Waals surface area contributed by atoms with Crippen molar-refractivity contribution in [3.63, 3.8) is 0 Å². The first-order chi connectivity index (χ1) is 20.1. The molecule has 2 atom stereocenters. The molecular formula is C35H66N2O5. The van der Waals surface area contributed by atoms with E-state index in [1.807, 2.05) is 27.7 Å². The first kappa shape index (κ1) is 40.2. The maximum atomic E-state index is 12.4. The number of carbonyl (C=O) groups is 4. The van der Waals surface area contributed by atoms with Gasteiger partial charge in [0.05, 0.1) is 12.0 Å². The molecular weight excluding hydrogens is 528 g/mol. The first-order valence-corrected chi connectivity index (χ1v) is 17.4. The Morgan fingerprint density at radius 1 is 0.643 bits per heavy atom. The number of amides is 1. The smallest absolute Gasteiger partial charge is 0.306 e. The summed E-state index contributed by atoms with van der Waals surface area (Å²) < 4.78 is 0. The maximum absolute atomic E-state index is 12.4. The third kappa shape index (κ3) is 23.8. The third-order valence-electron chi connectivity index (χ3n) is 8.04. The third-order valence-corrected chi connectivity index (χ3v) is 8.04. The number of ketones is 2. The largest absolute Gasteiger partial charge is 0.481 e. The van der Waals surface area contributed by atoms with Gasteiger partial charge in [0, 0.05) is 37.8 Å². The Balaban J connectivity index is 3.95. The van der Waals surface area contributed by atoms with Crippen LogP contribution in [0.3, 0.4) is 0 Å². The number of carbonyl (C=O) groups excluding carboxylic acids is 3. The summed E-state index contributed by atoms with van der Waals surface area (Å²) in [7, 11) is 0. The number of nitrogens with one attached hydrogen (secondary N) is 2. The molecule has 7 heteroatoms. The second kappa shape index (κ2) is 26.8. The Hall–Kier alpha value is -1.76. The molecule has 0 aromatic carbocycles. The van der Waals surface area contributed by atoms with E-state index in [0.717, 1.165) is 38.5 Å². The molecule has 0 saturated heterocycles. The monoisotopic (exact) mass is 594 g/mol. The van der Waals surface area contributed by atoms with Gasteiger partial charge < -0.3 is 15.7 Å². The predicted octanol–water partition coefficient (Wildman–Crippen LogP) is 8.18. The maximum Gasteiger partial charge on any atom is 0.306 e. The van der Waals surface area contributed by atoms with E-state index in [1.165, 1.54) is 70.6 Å². The molecule has 7 nitrogen and oxygen atoms in total. The quantitative estimate of drug-likeness (QED) is 0.0723. The molecule has 0 spiro atoms. The highest BCUT2D eigenvalue weighted by atomic mass is 16.4. The van der Waals surface area contributed by atoms with Crippen molar-refractivity contribution in [2.75, 3.05) is 6.54 Å². The van der Waals surface area contributed by atoms with Gasteiger partial charge in [-0.3, -0.25) is 19.2 Å². The van der Waals surface area contributed by atoms with Gasteiger partial charge in [0.2, 0.25) is 5.91 Å². The van der Waals surface area contributed by atoms with Gasteiger partial charge in [0.25, 0.3) is 0 Å². The fourth-order valence-corrected chi connectivity index (χ4v) is 5.41. The summed E-state index contributed by atoms with van der Waals surface area (Å²) in [4.78, 5) is 48.7. The van der Waals surface area contributed by atoms with Gasteiger partial charge in [-0.05, 0) is 32.1 Å². The molecule has 0 bridgehead atoms. The fraction of sp³-hybridized carbons (Fsp3) is 0.886. The van der Waals surface area contributed by atoms with Crippen LogP contribution < -0.4 is 10.6 Å². The highest BCUT2D eigenvalue weighted by Gasteiger charge is 2.23. The van der Waals surface area contributed by atoms with E-state index in [-0.39, 0.29) is 54.7 Å². The normalized spacial score (nSPS) is 12.9. The highest BCUT2D eigenvalue weighted by molar-refractivity contribution is 5.86. The number of carboxylic acids is 1. The molecule has 0 fully saturated rings. The molecule has 0 heterocycles. The molecule has 3 N–H and O–H groups in total. The zero-order valence-corrected chi connectivity index (χ0v) is 27.9. The lowest BCUT2D eigenvalue weighted by Gasteiger charge is -2.22. The molecule has 0 radical (unpaired) electrons. The molecule has 0 saturated carbocycles. The Morgan fingerprint density at radius 3 is 1.64 bits per heavy atom. The number of hydrogen-bond donors (Lipinski definition) is 3. The summed E-state index contributed by atoms with van der Waals surface area (Å²) >= 11 is 0. The summed E-state index contributed by atoms with van der Waals surface area (Å²) in [6, 6.07) is 0.0600. The van der Waals surface area contributed by atoms with Crippen LogP contribution in [0.2, 0.25) is 0 Å². The number of rotatable bonds is 30. The second-order valence-electron chi connectivity index (χ2n) is 12.9. The molecule has 1 amide bonds. The predicted molar refractivity (Wildman–Crippen MR) is 174 cm³/mol. The summed E-state index contributed by atoms with van der Waals surface area (Å²) in [5.74, 6) is -1.81. The van der Waals surface area contributed by atoms with Crippen molar-refractivity contribution in [2.45, 2.75) is 182 Å². The van der Waals surface area contributed by atoms with Crippen LogP contribution in [-0.2, 0) is 19.2 Å². The zero-order chi connectivity index (χ0) is 31.6. The summed E-state index contributed by atoms with van der Waals surface area (Å²) in [6.07, 6.45) is 20.6. The number of aliphatic carboxylic acids is 1. The molecule has 0 unspecified atom stereocenters. The Bertz CT molecular complexity index is 722. The number of carboxylic acid groups (broad SMARTS) is 1. The van der Waals surface area contributed by atoms with Gasteiger partial charge in [-0.25, -0.2) is 0 Å². The average molecular weight is 595 g/mol. The molecule has 42 heavy (non-hydrogen) atoms. The van der Waals surface area contributed by atoms with Crippen molar-refractivity contribution in [1.82, 2.24) is 10.6 Å². The Morgan fingerprint density at radius 2 is 1.17 bits per heavy atom. The van der Waals surface area contributed by atoms with Crippen molar-refractivity contribution in [3.8, 4) is 0 Å². The lowest BCUT2D eigenvalue weighted by Crippen LogP contribution is -2.42. The topological polar surface area (TPSA) is 113 Å². The van der Waals surface area contributed by atoms with Crippen molar-refractivity contribution in [1.29, 1.82) is 0 Å². The summed E-state index contributed by atoms with van der Waals surface area (Å²) in [6.45, 7) is 10.6. The van der Waals surface area contributed by atoms with Crippen LogP contribution >= 0.6 is 0 Å². The van der Waals surface area contributed by atoms with Gasteiger partial charge in [0.1, 0.15) is 5.78 Å².